The van der Waals surface area contributed by atoms with Crippen molar-refractivity contribution in [3.63, 3.8) is 0 Å². The summed E-state index contributed by atoms with van der Waals surface area (Å²) in [7, 11) is 0. The van der Waals surface area contributed by atoms with E-state index >= 15 is 0 Å². The van der Waals surface area contributed by atoms with Crippen LogP contribution in [0, 0.1) is 0 Å². The lowest BCUT2D eigenvalue weighted by atomic mass is 10.1. The van der Waals surface area contributed by atoms with E-state index in [1.165, 1.54) is 10.5 Å². The predicted octanol–water partition coefficient (Wildman–Crippen LogP) is 3.83. The monoisotopic (exact) mass is 242 g/mol. The van der Waals surface area contributed by atoms with E-state index in [9.17, 15) is 4.79 Å². The highest BCUT2D eigenvalue weighted by molar-refractivity contribution is 7.99. The minimum Gasteiger partial charge on any atom is -0.298 e. The van der Waals surface area contributed by atoms with E-state index in [1.54, 1.807) is 0 Å². The first-order chi connectivity index (χ1) is 8.38. The Hall–Kier alpha value is -1.54. The number of aldehydes is 1. The quantitative estimate of drug-likeness (QED) is 0.585. The third-order valence-electron chi connectivity index (χ3n) is 2.52. The molecular formula is C15H14OS. The molecule has 17 heavy (non-hydrogen) atoms. The second-order valence-corrected chi connectivity index (χ2v) is 4.94. The molecule has 86 valence electrons. The fourth-order valence-corrected chi connectivity index (χ4v) is 2.49. The Morgan fingerprint density at radius 2 is 1.65 bits per heavy atom. The molecule has 0 bridgehead atoms. The van der Waals surface area contributed by atoms with Crippen LogP contribution in [-0.4, -0.2) is 12.0 Å². The van der Waals surface area contributed by atoms with Crippen LogP contribution in [0.2, 0.25) is 0 Å². The van der Waals surface area contributed by atoms with Gasteiger partial charge in [0.1, 0.15) is 6.29 Å². The molecule has 0 spiro atoms. The summed E-state index contributed by atoms with van der Waals surface area (Å²) < 4.78 is 0. The summed E-state index contributed by atoms with van der Waals surface area (Å²) in [5.41, 5.74) is 2.02. The molecule has 0 unspecified atom stereocenters. The van der Waals surface area contributed by atoms with Crippen molar-refractivity contribution in [1.82, 2.24) is 0 Å². The van der Waals surface area contributed by atoms with E-state index in [1.807, 2.05) is 42.1 Å². The van der Waals surface area contributed by atoms with Gasteiger partial charge < -0.3 is 0 Å². The molecule has 0 radical (unpaired) electrons. The highest BCUT2D eigenvalue weighted by Crippen LogP contribution is 2.18. The second kappa shape index (κ2) is 6.26. The fraction of sp³-hybridized carbons (Fsp3) is 0.133. The summed E-state index contributed by atoms with van der Waals surface area (Å²) in [5, 5.41) is 0. The molecule has 0 N–H and O–H groups in total. The van der Waals surface area contributed by atoms with E-state index in [-0.39, 0.29) is 0 Å². The SMILES string of the molecule is O=Cc1ccc(CCSc2ccccc2)cc1. The van der Waals surface area contributed by atoms with E-state index in [0.29, 0.717) is 0 Å². The minimum atomic E-state index is 0.740. The Balaban J connectivity index is 1.84. The summed E-state index contributed by atoms with van der Waals surface area (Å²) in [6, 6.07) is 18.2. The number of thioether (sulfide) groups is 1. The lowest BCUT2D eigenvalue weighted by Crippen LogP contribution is -1.89. The van der Waals surface area contributed by atoms with E-state index in [0.717, 1.165) is 24.0 Å². The second-order valence-electron chi connectivity index (χ2n) is 3.77. The molecule has 0 aliphatic rings. The van der Waals surface area contributed by atoms with Crippen LogP contribution in [0.3, 0.4) is 0 Å². The molecule has 0 fully saturated rings. The summed E-state index contributed by atoms with van der Waals surface area (Å²) in [6.07, 6.45) is 1.90. The molecule has 2 heteroatoms. The first-order valence-electron chi connectivity index (χ1n) is 5.60. The molecule has 2 aromatic carbocycles. The van der Waals surface area contributed by atoms with Gasteiger partial charge in [-0.25, -0.2) is 0 Å². The molecule has 0 atom stereocenters. The number of rotatable bonds is 5. The van der Waals surface area contributed by atoms with Crippen molar-refractivity contribution in [2.75, 3.05) is 5.75 Å². The van der Waals surface area contributed by atoms with Crippen molar-refractivity contribution in [2.24, 2.45) is 0 Å². The number of hydrogen-bond donors (Lipinski definition) is 0. The van der Waals surface area contributed by atoms with Gasteiger partial charge in [-0.15, -0.1) is 11.8 Å². The third kappa shape index (κ3) is 3.75. The van der Waals surface area contributed by atoms with Crippen molar-refractivity contribution in [3.05, 3.63) is 65.7 Å². The minimum absolute atomic E-state index is 0.740. The van der Waals surface area contributed by atoms with Gasteiger partial charge in [-0.3, -0.25) is 4.79 Å². The Kier molecular flexibility index (Phi) is 4.39. The summed E-state index contributed by atoms with van der Waals surface area (Å²) in [6.45, 7) is 0. The highest BCUT2D eigenvalue weighted by atomic mass is 32.2. The number of aryl methyl sites for hydroxylation is 1. The molecule has 1 nitrogen and oxygen atoms in total. The van der Waals surface area contributed by atoms with Crippen LogP contribution >= 0.6 is 11.8 Å². The van der Waals surface area contributed by atoms with Gasteiger partial charge in [-0.1, -0.05) is 42.5 Å². The Morgan fingerprint density at radius 1 is 0.941 bits per heavy atom. The largest absolute Gasteiger partial charge is 0.298 e. The normalized spacial score (nSPS) is 10.1. The van der Waals surface area contributed by atoms with Gasteiger partial charge in [-0.05, 0) is 24.1 Å². The van der Waals surface area contributed by atoms with Crippen molar-refractivity contribution in [1.29, 1.82) is 0 Å². The van der Waals surface area contributed by atoms with Crippen LogP contribution in [0.4, 0.5) is 0 Å². The fourth-order valence-electron chi connectivity index (χ4n) is 1.57. The average Bonchev–Trinajstić information content (AvgIpc) is 2.41. The number of benzene rings is 2. The predicted molar refractivity (Wildman–Crippen MR) is 72.7 cm³/mol. The summed E-state index contributed by atoms with van der Waals surface area (Å²) in [4.78, 5) is 11.8. The maximum Gasteiger partial charge on any atom is 0.150 e. The first-order valence-corrected chi connectivity index (χ1v) is 6.59. The molecule has 0 heterocycles. The Bertz CT molecular complexity index is 462. The van der Waals surface area contributed by atoms with Crippen LogP contribution in [0.25, 0.3) is 0 Å². The lowest BCUT2D eigenvalue weighted by molar-refractivity contribution is 0.112. The van der Waals surface area contributed by atoms with Gasteiger partial charge in [-0.2, -0.15) is 0 Å². The molecule has 0 saturated carbocycles. The molecule has 0 aromatic heterocycles. The molecule has 0 aliphatic heterocycles. The highest BCUT2D eigenvalue weighted by Gasteiger charge is 1.96. The lowest BCUT2D eigenvalue weighted by Gasteiger charge is -2.02. The average molecular weight is 242 g/mol. The standard InChI is InChI=1S/C15H14OS/c16-12-14-8-6-13(7-9-14)10-11-17-15-4-2-1-3-5-15/h1-9,12H,10-11H2. The van der Waals surface area contributed by atoms with Gasteiger partial charge in [0, 0.05) is 16.2 Å². The van der Waals surface area contributed by atoms with Crippen LogP contribution in [0.5, 0.6) is 0 Å². The first kappa shape index (κ1) is 11.9. The molecule has 0 saturated heterocycles. The molecular weight excluding hydrogens is 228 g/mol. The number of carbonyl (C=O) groups is 1. The summed E-state index contributed by atoms with van der Waals surface area (Å²) >= 11 is 1.86. The van der Waals surface area contributed by atoms with E-state index < -0.39 is 0 Å². The van der Waals surface area contributed by atoms with Crippen LogP contribution in [0.15, 0.2) is 59.5 Å². The smallest absolute Gasteiger partial charge is 0.150 e. The molecule has 0 amide bonds. The zero-order chi connectivity index (χ0) is 11.9. The van der Waals surface area contributed by atoms with E-state index in [4.69, 9.17) is 0 Å². The van der Waals surface area contributed by atoms with Crippen molar-refractivity contribution >= 4 is 18.0 Å². The van der Waals surface area contributed by atoms with Crippen molar-refractivity contribution in [2.45, 2.75) is 11.3 Å². The topological polar surface area (TPSA) is 17.1 Å². The van der Waals surface area contributed by atoms with Gasteiger partial charge in [0.15, 0.2) is 0 Å². The molecule has 0 aliphatic carbocycles. The van der Waals surface area contributed by atoms with Crippen LogP contribution in [-0.2, 0) is 6.42 Å². The van der Waals surface area contributed by atoms with Gasteiger partial charge in [0.25, 0.3) is 0 Å². The van der Waals surface area contributed by atoms with Gasteiger partial charge >= 0.3 is 0 Å². The zero-order valence-electron chi connectivity index (χ0n) is 9.50. The molecule has 2 rings (SSSR count). The Labute approximate surface area is 106 Å². The van der Waals surface area contributed by atoms with Gasteiger partial charge in [0.2, 0.25) is 0 Å². The van der Waals surface area contributed by atoms with Gasteiger partial charge in [0.05, 0.1) is 0 Å². The number of carbonyl (C=O) groups excluding carboxylic acids is 1. The van der Waals surface area contributed by atoms with Crippen LogP contribution in [0.1, 0.15) is 15.9 Å². The molecule has 2 aromatic rings. The number of hydrogen-bond acceptors (Lipinski definition) is 2. The Morgan fingerprint density at radius 3 is 2.29 bits per heavy atom. The van der Waals surface area contributed by atoms with Crippen LogP contribution < -0.4 is 0 Å². The maximum absolute atomic E-state index is 10.5. The van der Waals surface area contributed by atoms with Crippen molar-refractivity contribution in [3.8, 4) is 0 Å². The van der Waals surface area contributed by atoms with Crippen molar-refractivity contribution < 1.29 is 4.79 Å². The maximum atomic E-state index is 10.5. The third-order valence-corrected chi connectivity index (χ3v) is 3.53. The summed E-state index contributed by atoms with van der Waals surface area (Å²) in [5.74, 6) is 1.06. The van der Waals surface area contributed by atoms with E-state index in [2.05, 4.69) is 24.3 Å². The zero-order valence-corrected chi connectivity index (χ0v) is 10.3.